The largest absolute Gasteiger partial charge is 0.354 e. The molecule has 1 aromatic rings. The predicted molar refractivity (Wildman–Crippen MR) is 109 cm³/mol. The van der Waals surface area contributed by atoms with Crippen molar-refractivity contribution in [1.82, 2.24) is 10.2 Å². The Labute approximate surface area is 163 Å². The van der Waals surface area contributed by atoms with Gasteiger partial charge in [-0.1, -0.05) is 52.0 Å². The maximum absolute atomic E-state index is 12.6. The summed E-state index contributed by atoms with van der Waals surface area (Å²) in [6.07, 6.45) is 2.54. The van der Waals surface area contributed by atoms with Crippen molar-refractivity contribution < 1.29 is 9.59 Å². The molecule has 1 aliphatic heterocycles. The molecule has 1 saturated heterocycles. The second-order valence-electron chi connectivity index (χ2n) is 8.11. The van der Waals surface area contributed by atoms with Gasteiger partial charge in [-0.15, -0.1) is 0 Å². The molecule has 5 heteroatoms. The van der Waals surface area contributed by atoms with Crippen LogP contribution in [0.25, 0.3) is 0 Å². The Morgan fingerprint density at radius 3 is 2.41 bits per heavy atom. The van der Waals surface area contributed by atoms with Crippen molar-refractivity contribution >= 4 is 11.8 Å². The second kappa shape index (κ2) is 9.88. The van der Waals surface area contributed by atoms with Crippen LogP contribution in [0.5, 0.6) is 0 Å². The highest BCUT2D eigenvalue weighted by atomic mass is 16.2. The van der Waals surface area contributed by atoms with Gasteiger partial charge in [-0.2, -0.15) is 0 Å². The number of likely N-dealkylation sites (tertiary alicyclic amines) is 1. The Balaban J connectivity index is 1.86. The Kier molecular flexibility index (Phi) is 7.84. The molecule has 1 heterocycles. The lowest BCUT2D eigenvalue weighted by Crippen LogP contribution is -2.47. The van der Waals surface area contributed by atoms with E-state index in [2.05, 4.69) is 31.3 Å². The molecule has 3 N–H and O–H groups in total. The highest BCUT2D eigenvalue weighted by Crippen LogP contribution is 2.20. The summed E-state index contributed by atoms with van der Waals surface area (Å²) in [5, 5.41) is 2.99. The number of nitrogens with two attached hydrogens (primary N) is 1. The highest BCUT2D eigenvalue weighted by Gasteiger charge is 2.30. The van der Waals surface area contributed by atoms with Crippen molar-refractivity contribution in [2.24, 2.45) is 17.6 Å². The average molecular weight is 374 g/mol. The number of carbonyl (C=O) groups is 2. The maximum Gasteiger partial charge on any atom is 0.225 e. The molecule has 1 aliphatic rings. The fourth-order valence-corrected chi connectivity index (χ4v) is 3.48. The van der Waals surface area contributed by atoms with E-state index in [-0.39, 0.29) is 29.7 Å². The van der Waals surface area contributed by atoms with Crippen molar-refractivity contribution in [1.29, 1.82) is 0 Å². The molecule has 3 unspecified atom stereocenters. The number of amides is 2. The van der Waals surface area contributed by atoms with Gasteiger partial charge in [0, 0.05) is 31.6 Å². The quantitative estimate of drug-likeness (QED) is 0.770. The smallest absolute Gasteiger partial charge is 0.225 e. The van der Waals surface area contributed by atoms with E-state index in [0.717, 1.165) is 31.4 Å². The number of nitrogens with zero attached hydrogens (tertiary/aromatic N) is 1. The van der Waals surface area contributed by atoms with E-state index < -0.39 is 0 Å². The third kappa shape index (κ3) is 5.80. The van der Waals surface area contributed by atoms with E-state index in [1.807, 2.05) is 30.9 Å². The lowest BCUT2D eigenvalue weighted by Gasteiger charge is -2.33. The Morgan fingerprint density at radius 2 is 1.81 bits per heavy atom. The molecular formula is C22H35N3O2. The summed E-state index contributed by atoms with van der Waals surface area (Å²) < 4.78 is 0. The minimum atomic E-state index is -0.225. The van der Waals surface area contributed by atoms with Gasteiger partial charge in [-0.25, -0.2) is 0 Å². The number of piperidine rings is 1. The fraction of sp³-hybridized carbons (Fsp3) is 0.636. The van der Waals surface area contributed by atoms with Gasteiger partial charge < -0.3 is 16.0 Å². The number of hydrogen-bond acceptors (Lipinski definition) is 3. The topological polar surface area (TPSA) is 75.4 Å². The lowest BCUT2D eigenvalue weighted by atomic mass is 9.95. The molecule has 5 nitrogen and oxygen atoms in total. The van der Waals surface area contributed by atoms with Gasteiger partial charge in [0.15, 0.2) is 0 Å². The van der Waals surface area contributed by atoms with Crippen LogP contribution in [0.4, 0.5) is 0 Å². The van der Waals surface area contributed by atoms with Crippen LogP contribution in [-0.2, 0) is 9.59 Å². The first-order chi connectivity index (χ1) is 12.8. The van der Waals surface area contributed by atoms with E-state index in [0.29, 0.717) is 19.0 Å². The monoisotopic (exact) mass is 373 g/mol. The minimum absolute atomic E-state index is 0.00546. The molecule has 150 valence electrons. The summed E-state index contributed by atoms with van der Waals surface area (Å²) in [4.78, 5) is 26.8. The third-order valence-corrected chi connectivity index (χ3v) is 5.67. The van der Waals surface area contributed by atoms with Gasteiger partial charge in [0.25, 0.3) is 0 Å². The Bertz CT molecular complexity index is 627. The summed E-state index contributed by atoms with van der Waals surface area (Å²) in [7, 11) is 0. The number of hydrogen-bond donors (Lipinski definition) is 2. The molecule has 0 bridgehead atoms. The molecule has 1 aromatic carbocycles. The summed E-state index contributed by atoms with van der Waals surface area (Å²) in [5.41, 5.74) is 8.56. The SMILES string of the molecule is CCC(C)C(=O)N1CCCC(C(=O)NCC(N)c2ccc(C(C)C)cc2)C1. The van der Waals surface area contributed by atoms with Crippen LogP contribution in [-0.4, -0.2) is 36.3 Å². The average Bonchev–Trinajstić information content (AvgIpc) is 2.70. The predicted octanol–water partition coefficient (Wildman–Crippen LogP) is 3.21. The van der Waals surface area contributed by atoms with Crippen LogP contribution in [0.1, 0.15) is 70.0 Å². The zero-order valence-electron chi connectivity index (χ0n) is 17.2. The summed E-state index contributed by atoms with van der Waals surface area (Å²) >= 11 is 0. The van der Waals surface area contributed by atoms with Gasteiger partial charge in [0.2, 0.25) is 11.8 Å². The van der Waals surface area contributed by atoms with Crippen molar-refractivity contribution in [3.05, 3.63) is 35.4 Å². The molecule has 0 saturated carbocycles. The van der Waals surface area contributed by atoms with Gasteiger partial charge in [-0.3, -0.25) is 9.59 Å². The van der Waals surface area contributed by atoms with Crippen LogP contribution >= 0.6 is 0 Å². The van der Waals surface area contributed by atoms with Crippen LogP contribution < -0.4 is 11.1 Å². The first-order valence-electron chi connectivity index (χ1n) is 10.2. The lowest BCUT2D eigenvalue weighted by molar-refractivity contribution is -0.138. The third-order valence-electron chi connectivity index (χ3n) is 5.67. The van der Waals surface area contributed by atoms with Crippen molar-refractivity contribution in [2.75, 3.05) is 19.6 Å². The highest BCUT2D eigenvalue weighted by molar-refractivity contribution is 5.82. The molecule has 2 amide bonds. The molecule has 0 radical (unpaired) electrons. The number of rotatable bonds is 7. The van der Waals surface area contributed by atoms with Crippen LogP contribution in [0.3, 0.4) is 0 Å². The maximum atomic E-state index is 12.6. The van der Waals surface area contributed by atoms with Crippen LogP contribution in [0.2, 0.25) is 0 Å². The number of carbonyl (C=O) groups excluding carboxylic acids is 2. The van der Waals surface area contributed by atoms with Gasteiger partial charge in [0.05, 0.1) is 5.92 Å². The fourth-order valence-electron chi connectivity index (χ4n) is 3.48. The molecule has 0 spiro atoms. The molecule has 0 aliphatic carbocycles. The minimum Gasteiger partial charge on any atom is -0.354 e. The van der Waals surface area contributed by atoms with Crippen LogP contribution in [0, 0.1) is 11.8 Å². The number of benzene rings is 1. The van der Waals surface area contributed by atoms with Gasteiger partial charge >= 0.3 is 0 Å². The molecule has 27 heavy (non-hydrogen) atoms. The Hall–Kier alpha value is -1.88. The Morgan fingerprint density at radius 1 is 1.19 bits per heavy atom. The summed E-state index contributed by atoms with van der Waals surface area (Å²) in [5.74, 6) is 0.543. The molecule has 0 aromatic heterocycles. The molecule has 3 atom stereocenters. The first kappa shape index (κ1) is 21.4. The normalized spacial score (nSPS) is 19.6. The molecular weight excluding hydrogens is 338 g/mol. The second-order valence-corrected chi connectivity index (χ2v) is 8.11. The van der Waals surface area contributed by atoms with Gasteiger partial charge in [-0.05, 0) is 36.3 Å². The number of nitrogens with one attached hydrogen (secondary N) is 1. The molecule has 2 rings (SSSR count). The van der Waals surface area contributed by atoms with Crippen molar-refractivity contribution in [3.63, 3.8) is 0 Å². The molecule has 1 fully saturated rings. The standard InChI is InChI=1S/C22H35N3O2/c1-5-16(4)22(27)25-12-6-7-19(14-25)21(26)24-13-20(23)18-10-8-17(9-11-18)15(2)3/h8-11,15-16,19-20H,5-7,12-14,23H2,1-4H3,(H,24,26). The van der Waals surface area contributed by atoms with E-state index in [9.17, 15) is 9.59 Å². The summed E-state index contributed by atoms with van der Waals surface area (Å²) in [6.45, 7) is 9.99. The van der Waals surface area contributed by atoms with E-state index in [1.54, 1.807) is 0 Å². The zero-order chi connectivity index (χ0) is 20.0. The first-order valence-corrected chi connectivity index (χ1v) is 10.2. The zero-order valence-corrected chi connectivity index (χ0v) is 17.2. The van der Waals surface area contributed by atoms with E-state index >= 15 is 0 Å². The van der Waals surface area contributed by atoms with Crippen LogP contribution in [0.15, 0.2) is 24.3 Å². The van der Waals surface area contributed by atoms with E-state index in [1.165, 1.54) is 5.56 Å². The van der Waals surface area contributed by atoms with Gasteiger partial charge in [0.1, 0.15) is 0 Å². The van der Waals surface area contributed by atoms with E-state index in [4.69, 9.17) is 5.73 Å². The van der Waals surface area contributed by atoms with Crippen molar-refractivity contribution in [2.45, 2.75) is 58.9 Å². The summed E-state index contributed by atoms with van der Waals surface area (Å²) in [6, 6.07) is 8.05. The van der Waals surface area contributed by atoms with Crippen molar-refractivity contribution in [3.8, 4) is 0 Å².